The first-order chi connectivity index (χ1) is 17.6. The number of rotatable bonds is 10. The van der Waals surface area contributed by atoms with E-state index >= 15 is 0 Å². The van der Waals surface area contributed by atoms with Gasteiger partial charge in [0.25, 0.3) is 0 Å². The maximum atomic E-state index is 11.6. The molecule has 0 amide bonds. The largest absolute Gasteiger partial charge is 0.490 e. The van der Waals surface area contributed by atoms with Gasteiger partial charge in [0.2, 0.25) is 11.6 Å². The van der Waals surface area contributed by atoms with Gasteiger partial charge >= 0.3 is 5.97 Å². The number of carboxylic acid groups (broad SMARTS) is 1. The van der Waals surface area contributed by atoms with Gasteiger partial charge < -0.3 is 23.7 Å². The Kier molecular flexibility index (Phi) is 7.56. The summed E-state index contributed by atoms with van der Waals surface area (Å²) in [7, 11) is 0. The van der Waals surface area contributed by atoms with E-state index in [0.717, 1.165) is 24.2 Å². The molecule has 1 saturated carbocycles. The Morgan fingerprint density at radius 2 is 1.83 bits per heavy atom. The number of ether oxygens (including phenoxy) is 3. The van der Waals surface area contributed by atoms with Gasteiger partial charge in [-0.1, -0.05) is 31.4 Å². The normalized spacial score (nSPS) is 20.3. The summed E-state index contributed by atoms with van der Waals surface area (Å²) in [5, 5.41) is 9.52. The summed E-state index contributed by atoms with van der Waals surface area (Å²) in [5.74, 6) is 0.878. The highest BCUT2D eigenvalue weighted by Gasteiger charge is 2.41. The molecule has 0 spiro atoms. The van der Waals surface area contributed by atoms with E-state index in [4.69, 9.17) is 18.6 Å². The summed E-state index contributed by atoms with van der Waals surface area (Å²) >= 11 is 0. The molecule has 7 heteroatoms. The van der Waals surface area contributed by atoms with E-state index in [-0.39, 0.29) is 5.76 Å². The second-order valence-corrected chi connectivity index (χ2v) is 9.69. The Labute approximate surface area is 211 Å². The predicted molar refractivity (Wildman–Crippen MR) is 134 cm³/mol. The highest BCUT2D eigenvalue weighted by Crippen LogP contribution is 2.41. The molecule has 5 rings (SSSR count). The smallest absolute Gasteiger partial charge is 0.372 e. The number of hydrogen-bond donors (Lipinski definition) is 1. The maximum Gasteiger partial charge on any atom is 0.372 e. The average Bonchev–Trinajstić information content (AvgIpc) is 3.59. The molecule has 190 valence electrons. The Hall–Kier alpha value is -3.32. The van der Waals surface area contributed by atoms with E-state index in [1.54, 1.807) is 12.3 Å². The third kappa shape index (κ3) is 5.57. The number of aromatic nitrogens is 1. The second-order valence-electron chi connectivity index (χ2n) is 9.69. The topological polar surface area (TPSA) is 91.0 Å². The number of pyridine rings is 1. The van der Waals surface area contributed by atoms with Gasteiger partial charge in [-0.3, -0.25) is 0 Å². The van der Waals surface area contributed by atoms with Crippen molar-refractivity contribution in [3.63, 3.8) is 0 Å². The van der Waals surface area contributed by atoms with E-state index in [2.05, 4.69) is 17.1 Å². The molecule has 1 aliphatic carbocycles. The van der Waals surface area contributed by atoms with Crippen LogP contribution in [-0.4, -0.2) is 35.9 Å². The van der Waals surface area contributed by atoms with Crippen LogP contribution in [0.25, 0.3) is 0 Å². The monoisotopic (exact) mass is 491 g/mol. The third-order valence-electron chi connectivity index (χ3n) is 7.30. The Morgan fingerprint density at radius 1 is 1.03 bits per heavy atom. The zero-order valence-electron chi connectivity index (χ0n) is 20.5. The van der Waals surface area contributed by atoms with Crippen LogP contribution in [0.2, 0.25) is 0 Å². The second kappa shape index (κ2) is 11.2. The molecule has 1 N–H and O–H groups in total. The van der Waals surface area contributed by atoms with Crippen LogP contribution in [0, 0.1) is 0 Å². The summed E-state index contributed by atoms with van der Waals surface area (Å²) in [6.45, 7) is 1.36. The molecule has 0 radical (unpaired) electrons. The van der Waals surface area contributed by atoms with Crippen molar-refractivity contribution in [3.8, 4) is 11.6 Å². The molecule has 1 atom stereocenters. The minimum atomic E-state index is -1.09. The zero-order chi connectivity index (χ0) is 24.8. The fourth-order valence-electron chi connectivity index (χ4n) is 5.53. The average molecular weight is 492 g/mol. The van der Waals surface area contributed by atoms with Crippen molar-refractivity contribution in [3.05, 3.63) is 77.4 Å². The van der Waals surface area contributed by atoms with Crippen molar-refractivity contribution in [2.24, 2.45) is 0 Å². The van der Waals surface area contributed by atoms with Crippen LogP contribution in [0.3, 0.4) is 0 Å². The van der Waals surface area contributed by atoms with Crippen molar-refractivity contribution in [1.29, 1.82) is 0 Å². The van der Waals surface area contributed by atoms with Gasteiger partial charge in [0.1, 0.15) is 24.6 Å². The molecule has 3 aromatic rings. The van der Waals surface area contributed by atoms with Crippen molar-refractivity contribution in [2.45, 2.75) is 62.9 Å². The third-order valence-corrected chi connectivity index (χ3v) is 7.30. The first-order valence-electron chi connectivity index (χ1n) is 12.9. The first-order valence-corrected chi connectivity index (χ1v) is 12.9. The lowest BCUT2D eigenvalue weighted by Gasteiger charge is -2.28. The molecule has 2 fully saturated rings. The van der Waals surface area contributed by atoms with E-state index < -0.39 is 11.6 Å². The number of carboxylic acids is 1. The molecule has 0 bridgehead atoms. The van der Waals surface area contributed by atoms with E-state index in [0.29, 0.717) is 43.6 Å². The van der Waals surface area contributed by atoms with Crippen molar-refractivity contribution in [1.82, 2.24) is 4.98 Å². The lowest BCUT2D eigenvalue weighted by molar-refractivity contribution is -0.00172. The Bertz CT molecular complexity index is 1140. The molecule has 1 aliphatic heterocycles. The van der Waals surface area contributed by atoms with Crippen LogP contribution in [0.5, 0.6) is 11.6 Å². The molecule has 2 aliphatic rings. The standard InChI is InChI=1S/C29H33NO6/c31-28(32)27-25(12-16-35-27)29(13-4-15-36-29)20-21-11-14-30-26(19-21)34-18-17-33-24-9-7-23(8-10-24)22-5-2-1-3-6-22/h7-12,14,16,19,22H,1-6,13,15,17-18,20H2,(H,31,32). The van der Waals surface area contributed by atoms with Gasteiger partial charge in [-0.25, -0.2) is 9.78 Å². The fraction of sp³-hybridized carbons (Fsp3) is 0.448. The molecular weight excluding hydrogens is 458 g/mol. The number of carbonyl (C=O) groups is 1. The van der Waals surface area contributed by atoms with Crippen LogP contribution in [0.1, 0.15) is 78.1 Å². The number of nitrogens with zero attached hydrogens (tertiary/aromatic N) is 1. The molecule has 36 heavy (non-hydrogen) atoms. The predicted octanol–water partition coefficient (Wildman–Crippen LogP) is 6.13. The van der Waals surface area contributed by atoms with Crippen molar-refractivity contribution >= 4 is 5.97 Å². The highest BCUT2D eigenvalue weighted by molar-refractivity contribution is 5.86. The van der Waals surface area contributed by atoms with Crippen molar-refractivity contribution in [2.75, 3.05) is 19.8 Å². The van der Waals surface area contributed by atoms with Gasteiger partial charge in [0, 0.05) is 30.9 Å². The molecule has 1 aromatic carbocycles. The highest BCUT2D eigenvalue weighted by atomic mass is 16.5. The van der Waals surface area contributed by atoms with E-state index in [9.17, 15) is 9.90 Å². The summed E-state index contributed by atoms with van der Waals surface area (Å²) < 4.78 is 23.1. The van der Waals surface area contributed by atoms with Crippen LogP contribution in [0.15, 0.2) is 59.3 Å². The molecule has 2 aromatic heterocycles. The SMILES string of the molecule is O=C(O)c1occc1C1(Cc2ccnc(OCCOc3ccc(C4CCCCC4)cc3)c2)CCCO1. The lowest BCUT2D eigenvalue weighted by atomic mass is 9.84. The molecule has 1 saturated heterocycles. The van der Waals surface area contributed by atoms with E-state index in [1.807, 2.05) is 24.3 Å². The number of aromatic carboxylic acids is 1. The Morgan fingerprint density at radius 3 is 2.58 bits per heavy atom. The minimum absolute atomic E-state index is 0.0636. The summed E-state index contributed by atoms with van der Waals surface area (Å²) in [4.78, 5) is 16.0. The number of furan rings is 1. The molecular formula is C29H33NO6. The summed E-state index contributed by atoms with van der Waals surface area (Å²) in [6, 6.07) is 14.0. The summed E-state index contributed by atoms with van der Waals surface area (Å²) in [6.07, 6.45) is 11.8. The Balaban J connectivity index is 1.16. The lowest BCUT2D eigenvalue weighted by Crippen LogP contribution is -2.29. The van der Waals surface area contributed by atoms with Crippen LogP contribution in [0.4, 0.5) is 0 Å². The van der Waals surface area contributed by atoms with Gasteiger partial charge in [-0.05, 0) is 67.0 Å². The first kappa shape index (κ1) is 24.4. The van der Waals surface area contributed by atoms with E-state index in [1.165, 1.54) is 43.9 Å². The van der Waals surface area contributed by atoms with Crippen LogP contribution in [-0.2, 0) is 16.8 Å². The molecule has 3 heterocycles. The number of benzene rings is 1. The van der Waals surface area contributed by atoms with Crippen LogP contribution >= 0.6 is 0 Å². The van der Waals surface area contributed by atoms with Crippen LogP contribution < -0.4 is 9.47 Å². The maximum absolute atomic E-state index is 11.6. The molecule has 7 nitrogen and oxygen atoms in total. The van der Waals surface area contributed by atoms with Gasteiger partial charge in [-0.15, -0.1) is 0 Å². The summed E-state index contributed by atoms with van der Waals surface area (Å²) in [5.41, 5.74) is 2.22. The zero-order valence-corrected chi connectivity index (χ0v) is 20.5. The quantitative estimate of drug-likeness (QED) is 0.341. The minimum Gasteiger partial charge on any atom is -0.490 e. The van der Waals surface area contributed by atoms with Crippen molar-refractivity contribution < 1.29 is 28.5 Å². The number of hydrogen-bond acceptors (Lipinski definition) is 6. The van der Waals surface area contributed by atoms with Gasteiger partial charge in [-0.2, -0.15) is 0 Å². The van der Waals surface area contributed by atoms with Gasteiger partial charge in [0.05, 0.1) is 6.26 Å². The fourth-order valence-corrected chi connectivity index (χ4v) is 5.53. The van der Waals surface area contributed by atoms with Gasteiger partial charge in [0.15, 0.2) is 0 Å². The molecule has 1 unspecified atom stereocenters.